The predicted molar refractivity (Wildman–Crippen MR) is 167 cm³/mol. The van der Waals surface area contributed by atoms with Crippen LogP contribution in [0.1, 0.15) is 37.3 Å². The first-order valence-electron chi connectivity index (χ1n) is 15.0. The van der Waals surface area contributed by atoms with Crippen LogP contribution in [0.3, 0.4) is 0 Å². The van der Waals surface area contributed by atoms with E-state index < -0.39 is 0 Å². The molecule has 0 saturated carbocycles. The normalized spacial score (nSPS) is 21.8. The lowest BCUT2D eigenvalue weighted by atomic mass is 9.94. The van der Waals surface area contributed by atoms with Crippen LogP contribution in [0.25, 0.3) is 33.2 Å². The zero-order valence-electron chi connectivity index (χ0n) is 23.8. The van der Waals surface area contributed by atoms with Crippen LogP contribution >= 0.6 is 11.6 Å². The summed E-state index contributed by atoms with van der Waals surface area (Å²) in [5.74, 6) is 0.452. The summed E-state index contributed by atoms with van der Waals surface area (Å²) in [5.41, 5.74) is 11.3. The predicted octanol–water partition coefficient (Wildman–Crippen LogP) is 4.63. The number of aliphatic hydroxyl groups is 1. The molecule has 0 atom stereocenters. The van der Waals surface area contributed by atoms with Crippen molar-refractivity contribution < 1.29 is 9.59 Å². The molecule has 7 rings (SSSR count). The monoisotopic (exact) mass is 585 g/mol. The van der Waals surface area contributed by atoms with E-state index >= 15 is 0 Å². The van der Waals surface area contributed by atoms with Gasteiger partial charge in [0.2, 0.25) is 0 Å². The molecule has 3 aromatic heterocycles. The molecule has 2 aliphatic rings. The number of nitrogens with two attached hydrogens (primary N) is 1. The molecule has 2 aliphatic heterocycles. The van der Waals surface area contributed by atoms with Gasteiger partial charge >= 0.3 is 0 Å². The molecule has 42 heavy (non-hydrogen) atoms. The van der Waals surface area contributed by atoms with Crippen LogP contribution in [-0.2, 0) is 6.54 Å². The van der Waals surface area contributed by atoms with Crippen molar-refractivity contribution in [2.24, 2.45) is 0 Å². The maximum absolute atomic E-state index is 9.97. The van der Waals surface area contributed by atoms with Crippen LogP contribution < -0.4 is 11.1 Å². The van der Waals surface area contributed by atoms with Gasteiger partial charge in [0.05, 0.1) is 37.2 Å². The summed E-state index contributed by atoms with van der Waals surface area (Å²) in [4.78, 5) is 9.03. The third-order valence-corrected chi connectivity index (χ3v) is 10.0. The third-order valence-electron chi connectivity index (χ3n) is 9.65. The molecule has 0 amide bonds. The van der Waals surface area contributed by atoms with Gasteiger partial charge < -0.3 is 25.2 Å². The number of likely N-dealkylation sites (tertiary alicyclic amines) is 1. The van der Waals surface area contributed by atoms with Crippen molar-refractivity contribution in [1.29, 1.82) is 0 Å². The fourth-order valence-electron chi connectivity index (χ4n) is 7.39. The van der Waals surface area contributed by atoms with Gasteiger partial charge in [0.15, 0.2) is 5.65 Å². The fraction of sp³-hybridized carbons (Fsp3) is 0.406. The Morgan fingerprint density at radius 3 is 2.62 bits per heavy atom. The number of piperidine rings is 2. The molecular weight excluding hydrogens is 548 g/mol. The second-order valence-corrected chi connectivity index (χ2v) is 12.3. The minimum absolute atomic E-state index is 0.225. The van der Waals surface area contributed by atoms with E-state index in [1.54, 1.807) is 6.33 Å². The van der Waals surface area contributed by atoms with Crippen molar-refractivity contribution in [2.45, 2.75) is 44.3 Å². The van der Waals surface area contributed by atoms with E-state index in [0.717, 1.165) is 93.8 Å². The van der Waals surface area contributed by atoms with Gasteiger partial charge in [-0.05, 0) is 29.8 Å². The van der Waals surface area contributed by atoms with E-state index in [1.807, 2.05) is 18.2 Å². The van der Waals surface area contributed by atoms with Gasteiger partial charge in [-0.1, -0.05) is 35.9 Å². The molecule has 10 heteroatoms. The van der Waals surface area contributed by atoms with Gasteiger partial charge in [-0.25, -0.2) is 14.6 Å². The lowest BCUT2D eigenvalue weighted by molar-refractivity contribution is -0.957. The molecule has 9 nitrogen and oxygen atoms in total. The summed E-state index contributed by atoms with van der Waals surface area (Å²) in [6.07, 6.45) is 7.98. The SMILES string of the molecule is Nc1ncnc2c1c(-c1ccc3c(ccn3Cc3ccccc3Cl)c1)nn2C1CC[N+](CCO)(C2CCNCC2)CC1. The zero-order chi connectivity index (χ0) is 28.7. The van der Waals surface area contributed by atoms with Crippen LogP contribution in [0.15, 0.2) is 61.1 Å². The Balaban J connectivity index is 1.20. The summed E-state index contributed by atoms with van der Waals surface area (Å²) in [7, 11) is 0. The number of anilines is 1. The molecule has 0 aliphatic carbocycles. The highest BCUT2D eigenvalue weighted by molar-refractivity contribution is 6.31. The Morgan fingerprint density at radius 1 is 1.02 bits per heavy atom. The fourth-order valence-corrected chi connectivity index (χ4v) is 7.58. The average Bonchev–Trinajstić information content (AvgIpc) is 3.61. The smallest absolute Gasteiger partial charge is 0.164 e. The lowest BCUT2D eigenvalue weighted by Gasteiger charge is -2.50. The van der Waals surface area contributed by atoms with E-state index in [2.05, 4.69) is 61.1 Å². The van der Waals surface area contributed by atoms with Crippen LogP contribution in [0.4, 0.5) is 5.82 Å². The maximum Gasteiger partial charge on any atom is 0.164 e. The Hall–Kier alpha value is -3.50. The van der Waals surface area contributed by atoms with Crippen molar-refractivity contribution in [3.8, 4) is 11.3 Å². The molecule has 0 spiro atoms. The van der Waals surface area contributed by atoms with Gasteiger partial charge in [-0.3, -0.25) is 0 Å². The number of benzene rings is 2. The Morgan fingerprint density at radius 2 is 1.83 bits per heavy atom. The van der Waals surface area contributed by atoms with Crippen molar-refractivity contribution in [3.05, 3.63) is 71.6 Å². The number of quaternary nitrogens is 1. The molecule has 2 saturated heterocycles. The van der Waals surface area contributed by atoms with E-state index in [0.29, 0.717) is 18.4 Å². The number of aliphatic hydroxyl groups excluding tert-OH is 1. The number of halogens is 1. The van der Waals surface area contributed by atoms with E-state index in [1.165, 1.54) is 12.8 Å². The Bertz CT molecular complexity index is 1710. The molecule has 0 bridgehead atoms. The first kappa shape index (κ1) is 27.3. The van der Waals surface area contributed by atoms with E-state index in [-0.39, 0.29) is 12.6 Å². The van der Waals surface area contributed by atoms with Crippen molar-refractivity contribution >= 4 is 39.4 Å². The van der Waals surface area contributed by atoms with Gasteiger partial charge in [0.1, 0.15) is 24.4 Å². The summed E-state index contributed by atoms with van der Waals surface area (Å²) < 4.78 is 5.33. The summed E-state index contributed by atoms with van der Waals surface area (Å²) in [6, 6.07) is 17.4. The number of fused-ring (bicyclic) bond motifs is 2. The van der Waals surface area contributed by atoms with Crippen molar-refractivity contribution in [2.75, 3.05) is 45.1 Å². The van der Waals surface area contributed by atoms with Crippen LogP contribution in [-0.4, -0.2) is 79.3 Å². The van der Waals surface area contributed by atoms with Gasteiger partial charge in [-0.2, -0.15) is 5.10 Å². The molecule has 5 heterocycles. The van der Waals surface area contributed by atoms with Gasteiger partial charge in [-0.15, -0.1) is 0 Å². The second kappa shape index (κ2) is 11.3. The third kappa shape index (κ3) is 4.84. The molecule has 0 radical (unpaired) electrons. The summed E-state index contributed by atoms with van der Waals surface area (Å²) in [5, 5.41) is 21.4. The standard InChI is InChI=1S/C32H38ClN8O/c33-27-4-2-1-3-24(27)20-39-14-9-22-19-23(5-6-28(22)39)30-29-31(34)36-21-37-32(29)40(38-30)25-10-15-41(16-11-25,17-18-42)26-7-12-35-13-8-26/h1-6,9,14,19,21,25-26,35,42H,7-8,10-13,15-18,20H2,(H2,34,36,37)/q+1. The molecule has 5 aromatic rings. The first-order valence-corrected chi connectivity index (χ1v) is 15.4. The van der Waals surface area contributed by atoms with E-state index in [4.69, 9.17) is 22.4 Å². The van der Waals surface area contributed by atoms with E-state index in [9.17, 15) is 5.11 Å². The quantitative estimate of drug-likeness (QED) is 0.241. The topological polar surface area (TPSA) is 107 Å². The number of aromatic nitrogens is 5. The second-order valence-electron chi connectivity index (χ2n) is 11.9. The first-order chi connectivity index (χ1) is 20.6. The Labute approximate surface area is 250 Å². The number of nitrogens with zero attached hydrogens (tertiary/aromatic N) is 6. The van der Waals surface area contributed by atoms with Crippen molar-refractivity contribution in [1.82, 2.24) is 29.6 Å². The van der Waals surface area contributed by atoms with Crippen molar-refractivity contribution in [3.63, 3.8) is 0 Å². The molecule has 4 N–H and O–H groups in total. The number of hydrogen-bond donors (Lipinski definition) is 3. The molecule has 0 unspecified atom stereocenters. The van der Waals surface area contributed by atoms with Crippen LogP contribution in [0.5, 0.6) is 0 Å². The largest absolute Gasteiger partial charge is 0.391 e. The van der Waals surface area contributed by atoms with Gasteiger partial charge in [0.25, 0.3) is 0 Å². The summed E-state index contributed by atoms with van der Waals surface area (Å²) in [6.45, 7) is 5.98. The number of hydrogen-bond acceptors (Lipinski definition) is 6. The minimum atomic E-state index is 0.225. The minimum Gasteiger partial charge on any atom is -0.391 e. The number of rotatable bonds is 7. The zero-order valence-corrected chi connectivity index (χ0v) is 24.5. The molecule has 218 valence electrons. The molecule has 2 fully saturated rings. The summed E-state index contributed by atoms with van der Waals surface area (Å²) >= 11 is 6.44. The lowest BCUT2D eigenvalue weighted by Crippen LogP contribution is -2.62. The van der Waals surface area contributed by atoms with Gasteiger partial charge in [0, 0.05) is 73.0 Å². The van der Waals surface area contributed by atoms with Crippen LogP contribution in [0, 0.1) is 0 Å². The number of nitrogen functional groups attached to an aromatic ring is 1. The van der Waals surface area contributed by atoms with Crippen LogP contribution in [0.2, 0.25) is 5.02 Å². The average molecular weight is 586 g/mol. The Kier molecular flexibility index (Phi) is 7.35. The molecular formula is C32H38ClN8O+. The maximum atomic E-state index is 9.97. The highest BCUT2D eigenvalue weighted by Crippen LogP contribution is 2.38. The number of nitrogens with one attached hydrogen (secondary N) is 1. The highest BCUT2D eigenvalue weighted by Gasteiger charge is 2.41. The highest BCUT2D eigenvalue weighted by atomic mass is 35.5. The molecule has 2 aromatic carbocycles.